The molecule has 1 heterocycles. The Bertz CT molecular complexity index is 569. The number of carbonyl (C=O) groups excluding carboxylic acids is 1. The second-order valence-electron chi connectivity index (χ2n) is 4.10. The number of carbonyl (C=O) groups is 1. The van der Waals surface area contributed by atoms with Crippen molar-refractivity contribution in [1.82, 2.24) is 10.3 Å². The summed E-state index contributed by atoms with van der Waals surface area (Å²) in [6.07, 6.45) is 3.18. The maximum Gasteiger partial charge on any atom is 0.253 e. The van der Waals surface area contributed by atoms with E-state index >= 15 is 0 Å². The number of halogens is 1. The molecule has 0 fully saturated rings. The summed E-state index contributed by atoms with van der Waals surface area (Å²) in [5.41, 5.74) is 8.18. The van der Waals surface area contributed by atoms with Crippen LogP contribution in [0.15, 0.2) is 47.2 Å². The Hall–Kier alpha value is -1.72. The molecule has 0 aliphatic carbocycles. The van der Waals surface area contributed by atoms with Crippen LogP contribution in [-0.2, 0) is 13.1 Å². The number of nitrogens with two attached hydrogens (primary N) is 1. The highest BCUT2D eigenvalue weighted by atomic mass is 79.9. The number of aromatic nitrogens is 1. The van der Waals surface area contributed by atoms with E-state index in [9.17, 15) is 4.79 Å². The summed E-state index contributed by atoms with van der Waals surface area (Å²) in [6, 6.07) is 9.58. The third kappa shape index (κ3) is 3.87. The Morgan fingerprint density at radius 1 is 1.21 bits per heavy atom. The molecule has 0 saturated heterocycles. The predicted molar refractivity (Wildman–Crippen MR) is 77.4 cm³/mol. The van der Waals surface area contributed by atoms with Crippen molar-refractivity contribution in [3.8, 4) is 0 Å². The van der Waals surface area contributed by atoms with E-state index in [2.05, 4.69) is 26.2 Å². The predicted octanol–water partition coefficient (Wildman–Crippen LogP) is 2.23. The maximum absolute atomic E-state index is 11.9. The second-order valence-corrected chi connectivity index (χ2v) is 5.01. The Balaban J connectivity index is 1.96. The third-order valence-corrected chi connectivity index (χ3v) is 3.11. The molecule has 98 valence electrons. The number of benzene rings is 1. The van der Waals surface area contributed by atoms with E-state index < -0.39 is 0 Å². The lowest BCUT2D eigenvalue weighted by atomic mass is 10.1. The number of rotatable bonds is 4. The quantitative estimate of drug-likeness (QED) is 0.908. The van der Waals surface area contributed by atoms with Gasteiger partial charge in [-0.2, -0.15) is 0 Å². The lowest BCUT2D eigenvalue weighted by Gasteiger charge is -2.06. The van der Waals surface area contributed by atoms with Crippen molar-refractivity contribution in [3.05, 3.63) is 63.9 Å². The van der Waals surface area contributed by atoms with Crippen LogP contribution in [0.2, 0.25) is 0 Å². The number of nitrogens with zero attached hydrogens (tertiary/aromatic N) is 1. The van der Waals surface area contributed by atoms with Gasteiger partial charge in [-0.05, 0) is 33.1 Å². The molecule has 2 aromatic rings. The molecule has 5 heteroatoms. The Kier molecular flexibility index (Phi) is 4.65. The number of amides is 1. The van der Waals surface area contributed by atoms with E-state index in [4.69, 9.17) is 5.73 Å². The van der Waals surface area contributed by atoms with Crippen LogP contribution in [0.4, 0.5) is 0 Å². The van der Waals surface area contributed by atoms with Crippen molar-refractivity contribution >= 4 is 21.8 Å². The molecule has 0 atom stereocenters. The van der Waals surface area contributed by atoms with Gasteiger partial charge in [-0.25, -0.2) is 0 Å². The van der Waals surface area contributed by atoms with Crippen LogP contribution >= 0.6 is 15.9 Å². The smallest absolute Gasteiger partial charge is 0.253 e. The summed E-state index contributed by atoms with van der Waals surface area (Å²) in [5, 5.41) is 2.85. The summed E-state index contributed by atoms with van der Waals surface area (Å²) < 4.78 is 0.785. The van der Waals surface area contributed by atoms with Gasteiger partial charge in [0.2, 0.25) is 0 Å². The zero-order valence-corrected chi connectivity index (χ0v) is 11.9. The summed E-state index contributed by atoms with van der Waals surface area (Å²) in [6.45, 7) is 1.01. The van der Waals surface area contributed by atoms with Gasteiger partial charge < -0.3 is 11.1 Å². The van der Waals surface area contributed by atoms with Crippen molar-refractivity contribution in [3.63, 3.8) is 0 Å². The highest BCUT2D eigenvalue weighted by molar-refractivity contribution is 9.10. The first-order chi connectivity index (χ1) is 9.19. The van der Waals surface area contributed by atoms with E-state index in [1.807, 2.05) is 24.3 Å². The van der Waals surface area contributed by atoms with Gasteiger partial charge >= 0.3 is 0 Å². The van der Waals surface area contributed by atoms with E-state index in [1.54, 1.807) is 12.3 Å². The van der Waals surface area contributed by atoms with Crippen LogP contribution in [0, 0.1) is 0 Å². The van der Waals surface area contributed by atoms with Gasteiger partial charge in [0.15, 0.2) is 0 Å². The van der Waals surface area contributed by atoms with Crippen molar-refractivity contribution in [2.45, 2.75) is 13.1 Å². The molecule has 0 aliphatic heterocycles. The molecule has 0 spiro atoms. The molecule has 0 aliphatic rings. The van der Waals surface area contributed by atoms with Crippen molar-refractivity contribution in [2.75, 3.05) is 0 Å². The first-order valence-electron chi connectivity index (χ1n) is 5.85. The fraction of sp³-hybridized carbons (Fsp3) is 0.143. The van der Waals surface area contributed by atoms with Crippen molar-refractivity contribution < 1.29 is 4.79 Å². The Labute approximate surface area is 120 Å². The molecule has 0 saturated carbocycles. The van der Waals surface area contributed by atoms with E-state index in [1.165, 1.54) is 6.20 Å². The molecular formula is C14H14BrN3O. The van der Waals surface area contributed by atoms with E-state index in [0.717, 1.165) is 15.6 Å². The molecule has 4 nitrogen and oxygen atoms in total. The molecule has 19 heavy (non-hydrogen) atoms. The average Bonchev–Trinajstić information content (AvgIpc) is 2.45. The van der Waals surface area contributed by atoms with Crippen LogP contribution in [0.5, 0.6) is 0 Å². The molecule has 0 radical (unpaired) electrons. The first kappa shape index (κ1) is 13.7. The largest absolute Gasteiger partial charge is 0.348 e. The lowest BCUT2D eigenvalue weighted by Crippen LogP contribution is -2.22. The summed E-state index contributed by atoms with van der Waals surface area (Å²) in [7, 11) is 0. The minimum absolute atomic E-state index is 0.142. The third-order valence-electron chi connectivity index (χ3n) is 2.68. The second kappa shape index (κ2) is 6.45. The molecule has 1 aromatic carbocycles. The fourth-order valence-electron chi connectivity index (χ4n) is 1.61. The molecule has 3 N–H and O–H groups in total. The Morgan fingerprint density at radius 3 is 2.53 bits per heavy atom. The molecule has 0 bridgehead atoms. The monoisotopic (exact) mass is 319 g/mol. The van der Waals surface area contributed by atoms with Crippen LogP contribution in [-0.4, -0.2) is 10.9 Å². The highest BCUT2D eigenvalue weighted by Crippen LogP contribution is 2.10. The van der Waals surface area contributed by atoms with Gasteiger partial charge in [-0.3, -0.25) is 9.78 Å². The Morgan fingerprint density at radius 2 is 1.89 bits per heavy atom. The highest BCUT2D eigenvalue weighted by Gasteiger charge is 2.05. The summed E-state index contributed by atoms with van der Waals surface area (Å²) >= 11 is 3.29. The van der Waals surface area contributed by atoms with Gasteiger partial charge in [0, 0.05) is 30.0 Å². The molecule has 1 aromatic heterocycles. The van der Waals surface area contributed by atoms with Crippen LogP contribution in [0.25, 0.3) is 0 Å². The summed E-state index contributed by atoms with van der Waals surface area (Å²) in [4.78, 5) is 15.9. The topological polar surface area (TPSA) is 68.0 Å². The van der Waals surface area contributed by atoms with Gasteiger partial charge in [-0.1, -0.05) is 24.3 Å². The minimum atomic E-state index is -0.142. The minimum Gasteiger partial charge on any atom is -0.348 e. The zero-order chi connectivity index (χ0) is 13.7. The van der Waals surface area contributed by atoms with Crippen LogP contribution < -0.4 is 11.1 Å². The number of nitrogens with one attached hydrogen (secondary N) is 1. The van der Waals surface area contributed by atoms with Crippen molar-refractivity contribution in [1.29, 1.82) is 0 Å². The fourth-order valence-corrected chi connectivity index (χ4v) is 1.98. The summed E-state index contributed by atoms with van der Waals surface area (Å²) in [5.74, 6) is -0.142. The molecule has 2 rings (SSSR count). The van der Waals surface area contributed by atoms with Gasteiger partial charge in [0.1, 0.15) is 0 Å². The SMILES string of the molecule is NCc1ccc(CNC(=O)c2cncc(Br)c2)cc1. The van der Waals surface area contributed by atoms with Crippen molar-refractivity contribution in [2.24, 2.45) is 5.73 Å². The standard InChI is InChI=1S/C14H14BrN3O/c15-13-5-12(8-17-9-13)14(19)18-7-11-3-1-10(6-16)2-4-11/h1-5,8-9H,6-7,16H2,(H,18,19). The molecule has 0 unspecified atom stereocenters. The normalized spacial score (nSPS) is 10.2. The number of pyridine rings is 1. The van der Waals surface area contributed by atoms with Crippen LogP contribution in [0.3, 0.4) is 0 Å². The van der Waals surface area contributed by atoms with Crippen LogP contribution in [0.1, 0.15) is 21.5 Å². The first-order valence-corrected chi connectivity index (χ1v) is 6.65. The number of hydrogen-bond donors (Lipinski definition) is 2. The van der Waals surface area contributed by atoms with Gasteiger partial charge in [0.05, 0.1) is 5.56 Å². The maximum atomic E-state index is 11.9. The number of hydrogen-bond acceptors (Lipinski definition) is 3. The lowest BCUT2D eigenvalue weighted by molar-refractivity contribution is 0.0950. The average molecular weight is 320 g/mol. The van der Waals surface area contributed by atoms with E-state index in [0.29, 0.717) is 18.7 Å². The van der Waals surface area contributed by atoms with E-state index in [-0.39, 0.29) is 5.91 Å². The van der Waals surface area contributed by atoms with Gasteiger partial charge in [0.25, 0.3) is 5.91 Å². The zero-order valence-electron chi connectivity index (χ0n) is 10.3. The molecule has 1 amide bonds. The molecular weight excluding hydrogens is 306 g/mol. The van der Waals surface area contributed by atoms with Gasteiger partial charge in [-0.15, -0.1) is 0 Å².